The highest BCUT2D eigenvalue weighted by molar-refractivity contribution is 6.39. The van der Waals surface area contributed by atoms with E-state index in [1.165, 1.54) is 44.5 Å². The van der Waals surface area contributed by atoms with Crippen LogP contribution in [0.25, 0.3) is 22.3 Å². The van der Waals surface area contributed by atoms with Gasteiger partial charge in [0.25, 0.3) is 0 Å². The Morgan fingerprint density at radius 1 is 0.369 bits per heavy atom. The van der Waals surface area contributed by atoms with Crippen LogP contribution in [0.3, 0.4) is 0 Å². The molecule has 5 heterocycles. The van der Waals surface area contributed by atoms with Crippen molar-refractivity contribution in [3.63, 3.8) is 0 Å². The number of aromatic nitrogens is 1. The SMILES string of the molecule is CC(C)(C)c1cc(C2=C3C=CC(=N3)C(c3cc(C(C)(C)C)cc(C(C)(C)C)c3)=c3cc(C#N)c([nH]3)=C(c3cc(C(C)(C)C)cc(C(C)(C)C)c3)C3=NC(=C(c4cc(C(C)(C)C)cc(C(C)(C)C)c4)C4=NC2=CC4=C=N)C=C3)cc(C(C)(C)C)c1. The number of nitrogens with one attached hydrogen (secondary N) is 2. The zero-order valence-corrected chi connectivity index (χ0v) is 55.2. The molecule has 1 aromatic heterocycles. The third kappa shape index (κ3) is 12.1. The summed E-state index contributed by atoms with van der Waals surface area (Å²) in [7, 11) is 0. The Hall–Kier alpha value is -7.45. The predicted octanol–water partition coefficient (Wildman–Crippen LogP) is 18.0. The molecule has 4 aliphatic heterocycles. The van der Waals surface area contributed by atoms with E-state index in [2.05, 4.69) is 280 Å². The molecule has 0 radical (unpaired) electrons. The largest absolute Gasteiger partial charge is 0.353 e. The normalized spacial score (nSPS) is 16.3. The van der Waals surface area contributed by atoms with Crippen LogP contribution in [0.4, 0.5) is 0 Å². The van der Waals surface area contributed by atoms with Crippen molar-refractivity contribution in [1.29, 1.82) is 10.7 Å². The number of aromatic amines is 1. The maximum absolute atomic E-state index is 11.6. The number of hydrogen-bond acceptors (Lipinski definition) is 5. The number of H-pyrrole nitrogens is 1. The highest BCUT2D eigenvalue weighted by Crippen LogP contribution is 2.45. The molecule has 0 saturated carbocycles. The summed E-state index contributed by atoms with van der Waals surface area (Å²) in [5.41, 5.74) is 20.6. The van der Waals surface area contributed by atoms with E-state index in [4.69, 9.17) is 15.0 Å². The number of benzene rings is 4. The van der Waals surface area contributed by atoms with Crippen LogP contribution < -0.4 is 10.7 Å². The van der Waals surface area contributed by atoms with Crippen LogP contribution in [0.5, 0.6) is 0 Å². The molecule has 4 aromatic carbocycles. The highest BCUT2D eigenvalue weighted by atomic mass is 14.9. The number of nitriles is 1. The zero-order valence-electron chi connectivity index (χ0n) is 55.2. The van der Waals surface area contributed by atoms with Crippen LogP contribution in [0.2, 0.25) is 0 Å². The van der Waals surface area contributed by atoms with E-state index < -0.39 is 0 Å². The van der Waals surface area contributed by atoms with Gasteiger partial charge in [-0.25, -0.2) is 15.0 Å². The maximum atomic E-state index is 11.6. The lowest BCUT2D eigenvalue weighted by Gasteiger charge is -2.27. The minimum absolute atomic E-state index is 0.185. The van der Waals surface area contributed by atoms with Crippen molar-refractivity contribution >= 4 is 45.3 Å². The molecule has 0 spiro atoms. The second-order valence-corrected chi connectivity index (χ2v) is 32.2. The van der Waals surface area contributed by atoms with Crippen molar-refractivity contribution in [3.8, 4) is 6.07 Å². The van der Waals surface area contributed by atoms with Gasteiger partial charge in [-0.05, 0) is 152 Å². The Labute approximate surface area is 503 Å². The lowest BCUT2D eigenvalue weighted by Crippen LogP contribution is -2.24. The third-order valence-corrected chi connectivity index (χ3v) is 17.0. The van der Waals surface area contributed by atoms with Gasteiger partial charge in [0.2, 0.25) is 0 Å². The summed E-state index contributed by atoms with van der Waals surface area (Å²) in [6, 6.07) is 32.6. The summed E-state index contributed by atoms with van der Waals surface area (Å²) in [4.78, 5) is 21.4. The van der Waals surface area contributed by atoms with Crippen molar-refractivity contribution in [2.75, 3.05) is 0 Å². The van der Waals surface area contributed by atoms with E-state index in [-0.39, 0.29) is 43.3 Å². The van der Waals surface area contributed by atoms with Gasteiger partial charge in [-0.1, -0.05) is 239 Å². The molecule has 4 aliphatic rings. The van der Waals surface area contributed by atoms with Gasteiger partial charge in [-0.2, -0.15) is 5.26 Å². The Balaban J connectivity index is 1.58. The van der Waals surface area contributed by atoms with Crippen LogP contribution in [0.15, 0.2) is 147 Å². The van der Waals surface area contributed by atoms with Crippen molar-refractivity contribution in [3.05, 3.63) is 215 Å². The van der Waals surface area contributed by atoms with E-state index in [0.717, 1.165) is 61.3 Å². The molecule has 9 rings (SSSR count). The molecule has 2 N–H and O–H groups in total. The monoisotopic (exact) mass is 1110 g/mol. The molecule has 84 heavy (non-hydrogen) atoms. The summed E-state index contributed by atoms with van der Waals surface area (Å²) in [6.07, 6.45) is 10.5. The first-order valence-electron chi connectivity index (χ1n) is 30.2. The first kappa shape index (κ1) is 61.1. The molecule has 6 nitrogen and oxygen atoms in total. The lowest BCUT2D eigenvalue weighted by atomic mass is 9.78. The quantitative estimate of drug-likeness (QED) is 0.172. The fourth-order valence-electron chi connectivity index (χ4n) is 11.2. The first-order chi connectivity index (χ1) is 38.5. The molecule has 0 saturated heterocycles. The molecule has 8 bridgehead atoms. The topological polar surface area (TPSA) is 101 Å². The zero-order chi connectivity index (χ0) is 62.0. The predicted molar refractivity (Wildman–Crippen MR) is 359 cm³/mol. The minimum Gasteiger partial charge on any atom is -0.353 e. The number of hydrogen-bond donors (Lipinski definition) is 2. The van der Waals surface area contributed by atoms with Gasteiger partial charge in [0.15, 0.2) is 0 Å². The highest BCUT2D eigenvalue weighted by Gasteiger charge is 2.34. The van der Waals surface area contributed by atoms with Crippen LogP contribution in [-0.2, 0) is 43.3 Å². The molecule has 0 unspecified atom stereocenters. The van der Waals surface area contributed by atoms with Gasteiger partial charge < -0.3 is 4.98 Å². The van der Waals surface area contributed by atoms with Crippen LogP contribution in [0.1, 0.15) is 238 Å². The number of allylic oxidation sites excluding steroid dienone is 8. The first-order valence-corrected chi connectivity index (χ1v) is 30.2. The van der Waals surface area contributed by atoms with Crippen LogP contribution in [-0.4, -0.2) is 28.0 Å². The fraction of sp³-hybridized carbons (Fsp3) is 0.410. The summed E-state index contributed by atoms with van der Waals surface area (Å²) in [5, 5.41) is 22.3. The van der Waals surface area contributed by atoms with E-state index >= 15 is 0 Å². The van der Waals surface area contributed by atoms with Crippen molar-refractivity contribution in [1.82, 2.24) is 4.98 Å². The molecular formula is C78H92N6. The standard InChI is InChI=1S/C78H92N6/c1-71(2,3)51-29-45(30-52(39-51)72(4,5)6)65-59-25-26-60(81-59)66(46-31-53(73(7,8)9)40-54(32-46)74(10,11)12)64-38-50(44-80)70(84-64)68(48-35-57(77(19,20)21)42-58(36-48)78(22,23)24)62-28-27-61(82-62)67(69-49(43-79)37-63(65)83-69)47-33-55(75(13,14)15)41-56(34-47)76(16,17)18/h25-42,79,84H,1-24H3. The average molecular weight is 1110 g/mol. The minimum atomic E-state index is -0.202. The molecule has 0 aliphatic carbocycles. The number of rotatable bonds is 4. The third-order valence-electron chi connectivity index (χ3n) is 17.0. The molecule has 434 valence electrons. The van der Waals surface area contributed by atoms with Crippen molar-refractivity contribution < 1.29 is 0 Å². The number of aliphatic imine (C=N–C) groups is 3. The van der Waals surface area contributed by atoms with Gasteiger partial charge in [0.1, 0.15) is 6.07 Å². The Morgan fingerprint density at radius 2 is 0.679 bits per heavy atom. The second-order valence-electron chi connectivity index (χ2n) is 32.2. The molecule has 0 fully saturated rings. The fourth-order valence-corrected chi connectivity index (χ4v) is 11.2. The average Bonchev–Trinajstić information content (AvgIpc) is 1.71. The summed E-state index contributed by atoms with van der Waals surface area (Å²) in [5.74, 6) is 2.92. The smallest absolute Gasteiger partial charge is 0.101 e. The molecule has 0 amide bonds. The Bertz CT molecular complexity index is 3970. The van der Waals surface area contributed by atoms with Crippen molar-refractivity contribution in [2.45, 2.75) is 209 Å². The Kier molecular flexibility index (Phi) is 15.0. The van der Waals surface area contributed by atoms with Gasteiger partial charge >= 0.3 is 0 Å². The molecule has 0 atom stereocenters. The van der Waals surface area contributed by atoms with E-state index in [1.807, 2.05) is 12.1 Å². The van der Waals surface area contributed by atoms with E-state index in [1.54, 1.807) is 0 Å². The van der Waals surface area contributed by atoms with Gasteiger partial charge in [0.05, 0.1) is 50.7 Å². The van der Waals surface area contributed by atoms with Crippen LogP contribution >= 0.6 is 0 Å². The number of nitrogens with zero attached hydrogens (tertiary/aromatic N) is 4. The summed E-state index contributed by atoms with van der Waals surface area (Å²) >= 11 is 0. The lowest BCUT2D eigenvalue weighted by molar-refractivity contribution is 0.567. The molecular weight excluding hydrogens is 1020 g/mol. The summed E-state index contributed by atoms with van der Waals surface area (Å²) < 4.78 is 0. The Morgan fingerprint density at radius 3 is 1.01 bits per heavy atom. The number of fused-ring (bicyclic) bond motifs is 5. The van der Waals surface area contributed by atoms with Gasteiger partial charge in [-0.15, -0.1) is 0 Å². The van der Waals surface area contributed by atoms with Crippen LogP contribution in [0, 0.1) is 16.7 Å². The van der Waals surface area contributed by atoms with Gasteiger partial charge in [0, 0.05) is 27.6 Å². The second kappa shape index (κ2) is 20.7. The molecule has 5 aromatic rings. The summed E-state index contributed by atoms with van der Waals surface area (Å²) in [6.45, 7) is 54.4. The van der Waals surface area contributed by atoms with Gasteiger partial charge in [-0.3, -0.25) is 5.41 Å². The van der Waals surface area contributed by atoms with E-state index in [9.17, 15) is 10.7 Å². The maximum Gasteiger partial charge on any atom is 0.101 e. The van der Waals surface area contributed by atoms with E-state index in [0.29, 0.717) is 39.3 Å². The molecule has 6 heteroatoms. The van der Waals surface area contributed by atoms with Crippen molar-refractivity contribution in [2.24, 2.45) is 15.0 Å².